The first-order valence-electron chi connectivity index (χ1n) is 8.09. The Labute approximate surface area is 137 Å². The minimum absolute atomic E-state index is 0.131. The van der Waals surface area contributed by atoms with Crippen LogP contribution in [0.1, 0.15) is 12.8 Å². The molecule has 1 aliphatic carbocycles. The Morgan fingerprint density at radius 3 is 2.96 bits per heavy atom. The van der Waals surface area contributed by atoms with Gasteiger partial charge in [-0.15, -0.1) is 0 Å². The topological polar surface area (TPSA) is 76.5 Å². The van der Waals surface area contributed by atoms with Gasteiger partial charge >= 0.3 is 5.69 Å². The van der Waals surface area contributed by atoms with E-state index in [0.29, 0.717) is 17.2 Å². The molecule has 1 fully saturated rings. The number of pyridine rings is 1. The molecule has 0 amide bonds. The molecular formula is C18H15N5O. The van der Waals surface area contributed by atoms with Crippen LogP contribution in [0.4, 0.5) is 0 Å². The van der Waals surface area contributed by atoms with Gasteiger partial charge in [0.2, 0.25) is 0 Å². The number of rotatable bonds is 3. The Balaban J connectivity index is 1.68. The van der Waals surface area contributed by atoms with Gasteiger partial charge in [0.05, 0.1) is 17.4 Å². The summed E-state index contributed by atoms with van der Waals surface area (Å²) in [4.78, 5) is 28.5. The Kier molecular flexibility index (Phi) is 2.79. The fourth-order valence-corrected chi connectivity index (χ4v) is 3.11. The summed E-state index contributed by atoms with van der Waals surface area (Å²) in [5.41, 5.74) is 3.66. The van der Waals surface area contributed by atoms with Crippen LogP contribution in [0.3, 0.4) is 0 Å². The summed E-state index contributed by atoms with van der Waals surface area (Å²) < 4.78 is 1.70. The van der Waals surface area contributed by atoms with E-state index in [9.17, 15) is 4.79 Å². The first kappa shape index (κ1) is 13.4. The van der Waals surface area contributed by atoms with Gasteiger partial charge in [-0.1, -0.05) is 18.2 Å². The van der Waals surface area contributed by atoms with Crippen LogP contribution >= 0.6 is 0 Å². The summed E-state index contributed by atoms with van der Waals surface area (Å²) >= 11 is 0. The van der Waals surface area contributed by atoms with Crippen molar-refractivity contribution in [3.63, 3.8) is 0 Å². The van der Waals surface area contributed by atoms with Gasteiger partial charge in [-0.3, -0.25) is 14.5 Å². The lowest BCUT2D eigenvalue weighted by Gasteiger charge is -2.05. The number of nitrogens with zero attached hydrogens (tertiary/aromatic N) is 4. The summed E-state index contributed by atoms with van der Waals surface area (Å²) in [5.74, 6) is 0.604. The Bertz CT molecular complexity index is 1120. The van der Waals surface area contributed by atoms with Crippen LogP contribution in [0.5, 0.6) is 0 Å². The third-order valence-corrected chi connectivity index (χ3v) is 4.54. The zero-order valence-corrected chi connectivity index (χ0v) is 12.9. The van der Waals surface area contributed by atoms with E-state index < -0.39 is 0 Å². The largest absolute Gasteiger partial charge is 0.328 e. The number of hydrogen-bond donors (Lipinski definition) is 1. The molecule has 6 heteroatoms. The van der Waals surface area contributed by atoms with E-state index in [1.807, 2.05) is 30.3 Å². The van der Waals surface area contributed by atoms with E-state index in [0.717, 1.165) is 28.7 Å². The summed E-state index contributed by atoms with van der Waals surface area (Å²) in [5, 5.41) is 1.02. The highest BCUT2D eigenvalue weighted by atomic mass is 16.1. The molecule has 0 spiro atoms. The average molecular weight is 317 g/mol. The van der Waals surface area contributed by atoms with Crippen molar-refractivity contribution in [3.05, 3.63) is 53.2 Å². The van der Waals surface area contributed by atoms with Gasteiger partial charge in [0.15, 0.2) is 11.3 Å². The van der Waals surface area contributed by atoms with Crippen LogP contribution in [0.25, 0.3) is 33.5 Å². The Morgan fingerprint density at radius 2 is 2.08 bits per heavy atom. The van der Waals surface area contributed by atoms with Crippen LogP contribution in [-0.4, -0.2) is 24.5 Å². The molecule has 1 aromatic carbocycles. The summed E-state index contributed by atoms with van der Waals surface area (Å²) in [6, 6.07) is 9.85. The lowest BCUT2D eigenvalue weighted by molar-refractivity contribution is 0.620. The van der Waals surface area contributed by atoms with E-state index in [4.69, 9.17) is 0 Å². The molecule has 3 aromatic heterocycles. The minimum Gasteiger partial charge on any atom is -0.289 e. The van der Waals surface area contributed by atoms with Crippen molar-refractivity contribution in [2.24, 2.45) is 5.92 Å². The number of aromatic amines is 1. The molecule has 0 saturated heterocycles. The lowest BCUT2D eigenvalue weighted by Crippen LogP contribution is -2.17. The maximum absolute atomic E-state index is 12.2. The normalized spacial score (nSPS) is 14.5. The van der Waals surface area contributed by atoms with Gasteiger partial charge in [0, 0.05) is 23.7 Å². The number of nitrogens with one attached hydrogen (secondary N) is 1. The van der Waals surface area contributed by atoms with Crippen LogP contribution in [-0.2, 0) is 6.54 Å². The predicted octanol–water partition coefficient (Wildman–Crippen LogP) is 2.74. The van der Waals surface area contributed by atoms with Crippen molar-refractivity contribution in [2.75, 3.05) is 0 Å². The summed E-state index contributed by atoms with van der Waals surface area (Å²) in [6.45, 7) is 0.727. The predicted molar refractivity (Wildman–Crippen MR) is 91.6 cm³/mol. The Morgan fingerprint density at radius 1 is 1.17 bits per heavy atom. The fraction of sp³-hybridized carbons (Fsp3) is 0.222. The van der Waals surface area contributed by atoms with Crippen molar-refractivity contribution in [3.8, 4) is 11.3 Å². The van der Waals surface area contributed by atoms with E-state index in [2.05, 4.69) is 19.9 Å². The Hall–Kier alpha value is -3.02. The van der Waals surface area contributed by atoms with E-state index in [-0.39, 0.29) is 5.69 Å². The van der Waals surface area contributed by atoms with Crippen LogP contribution in [0, 0.1) is 5.92 Å². The molecule has 0 aliphatic heterocycles. The SMILES string of the molecule is O=c1[nH]c2nc(-c3cccc4ncccc34)cnc2n1CC1CC1. The molecule has 4 aromatic rings. The van der Waals surface area contributed by atoms with Crippen molar-refractivity contribution >= 4 is 22.2 Å². The van der Waals surface area contributed by atoms with Crippen LogP contribution < -0.4 is 5.69 Å². The molecule has 0 bridgehead atoms. The van der Waals surface area contributed by atoms with Crippen molar-refractivity contribution in [2.45, 2.75) is 19.4 Å². The fourth-order valence-electron chi connectivity index (χ4n) is 3.11. The van der Waals surface area contributed by atoms with E-state index >= 15 is 0 Å². The molecule has 6 nitrogen and oxygen atoms in total. The van der Waals surface area contributed by atoms with E-state index in [1.165, 1.54) is 12.8 Å². The molecule has 1 saturated carbocycles. The number of hydrogen-bond acceptors (Lipinski definition) is 4. The van der Waals surface area contributed by atoms with Crippen molar-refractivity contribution < 1.29 is 0 Å². The number of benzene rings is 1. The molecule has 118 valence electrons. The van der Waals surface area contributed by atoms with Crippen molar-refractivity contribution in [1.29, 1.82) is 0 Å². The van der Waals surface area contributed by atoms with Crippen LogP contribution in [0.15, 0.2) is 47.5 Å². The van der Waals surface area contributed by atoms with Gasteiger partial charge in [0.25, 0.3) is 0 Å². The third kappa shape index (κ3) is 2.11. The molecule has 0 unspecified atom stereocenters. The molecule has 0 atom stereocenters. The standard InChI is InChI=1S/C18H15N5O/c24-18-22-16-17(23(18)10-11-6-7-11)20-9-15(21-16)13-3-1-5-14-12(13)4-2-8-19-14/h1-5,8-9,11H,6-7,10H2,(H,21,22,24). The maximum Gasteiger partial charge on any atom is 0.328 e. The quantitative estimate of drug-likeness (QED) is 0.630. The average Bonchev–Trinajstić information content (AvgIpc) is 3.38. The van der Waals surface area contributed by atoms with Crippen LogP contribution in [0.2, 0.25) is 0 Å². The summed E-state index contributed by atoms with van der Waals surface area (Å²) in [6.07, 6.45) is 5.89. The minimum atomic E-state index is -0.131. The number of aromatic nitrogens is 5. The first-order chi connectivity index (χ1) is 11.8. The van der Waals surface area contributed by atoms with Gasteiger partial charge in [-0.25, -0.2) is 14.8 Å². The van der Waals surface area contributed by atoms with Gasteiger partial charge in [0.1, 0.15) is 0 Å². The number of imidazole rings is 1. The second-order valence-electron chi connectivity index (χ2n) is 6.29. The highest BCUT2D eigenvalue weighted by Crippen LogP contribution is 2.31. The second kappa shape index (κ2) is 4.99. The van der Waals surface area contributed by atoms with Gasteiger partial charge < -0.3 is 0 Å². The highest BCUT2D eigenvalue weighted by Gasteiger charge is 2.24. The first-order valence-corrected chi connectivity index (χ1v) is 8.09. The molecule has 1 aliphatic rings. The molecule has 5 rings (SSSR count). The van der Waals surface area contributed by atoms with E-state index in [1.54, 1.807) is 17.0 Å². The van der Waals surface area contributed by atoms with Crippen molar-refractivity contribution in [1.82, 2.24) is 24.5 Å². The lowest BCUT2D eigenvalue weighted by atomic mass is 10.1. The molecule has 24 heavy (non-hydrogen) atoms. The molecular weight excluding hydrogens is 302 g/mol. The zero-order valence-electron chi connectivity index (χ0n) is 12.9. The smallest absolute Gasteiger partial charge is 0.289 e. The molecule has 1 N–H and O–H groups in total. The highest BCUT2D eigenvalue weighted by molar-refractivity contribution is 5.93. The number of H-pyrrole nitrogens is 1. The molecule has 3 heterocycles. The third-order valence-electron chi connectivity index (χ3n) is 4.54. The maximum atomic E-state index is 12.2. The monoisotopic (exact) mass is 317 g/mol. The number of fused-ring (bicyclic) bond motifs is 2. The second-order valence-corrected chi connectivity index (χ2v) is 6.29. The molecule has 0 radical (unpaired) electrons. The summed E-state index contributed by atoms with van der Waals surface area (Å²) in [7, 11) is 0. The zero-order chi connectivity index (χ0) is 16.1. The van der Waals surface area contributed by atoms with Gasteiger partial charge in [-0.2, -0.15) is 0 Å². The van der Waals surface area contributed by atoms with Gasteiger partial charge in [-0.05, 0) is 30.9 Å².